The molecule has 0 unspecified atom stereocenters. The second kappa shape index (κ2) is 10.6. The van der Waals surface area contributed by atoms with Crippen molar-refractivity contribution in [3.63, 3.8) is 0 Å². The summed E-state index contributed by atoms with van der Waals surface area (Å²) in [5, 5.41) is 4.84. The third kappa shape index (κ3) is 7.64. The highest BCUT2D eigenvalue weighted by atomic mass is 79.9. The molecule has 0 saturated heterocycles. The molecule has 2 rings (SSSR count). The zero-order valence-corrected chi connectivity index (χ0v) is 21.8. The van der Waals surface area contributed by atoms with Crippen LogP contribution >= 0.6 is 39.1 Å². The molecule has 6 heteroatoms. The molecule has 2 aromatic rings. The standard InChI is InChI=1S/C24H32BrCl2NO2/c1-7-29-21-11-16(13-28-24(5,6)15-23(2,3)4)18(25)12-22(21)30-14-17-19(26)9-8-10-20(17)27/h8-12,28H,7,13-15H2,1-6H3. The van der Waals surface area contributed by atoms with Gasteiger partial charge in [0, 0.05) is 32.2 Å². The van der Waals surface area contributed by atoms with Crippen LogP contribution in [0.1, 0.15) is 59.1 Å². The Hall–Kier alpha value is -0.940. The van der Waals surface area contributed by atoms with Gasteiger partial charge in [-0.15, -0.1) is 0 Å². The molecule has 0 atom stereocenters. The molecular formula is C24H32BrCl2NO2. The molecule has 0 radical (unpaired) electrons. The molecule has 0 amide bonds. The van der Waals surface area contributed by atoms with Gasteiger partial charge in [0.05, 0.1) is 6.61 Å². The molecule has 166 valence electrons. The van der Waals surface area contributed by atoms with E-state index < -0.39 is 0 Å². The van der Waals surface area contributed by atoms with E-state index in [0.717, 1.165) is 28.6 Å². The summed E-state index contributed by atoms with van der Waals surface area (Å²) in [4.78, 5) is 0. The van der Waals surface area contributed by atoms with E-state index in [-0.39, 0.29) is 17.6 Å². The first kappa shape index (κ1) is 25.3. The Labute approximate surface area is 199 Å². The molecule has 2 aromatic carbocycles. The second-order valence-electron chi connectivity index (χ2n) is 9.29. The van der Waals surface area contributed by atoms with Gasteiger partial charge in [-0.3, -0.25) is 0 Å². The largest absolute Gasteiger partial charge is 0.490 e. The molecule has 0 heterocycles. The molecule has 0 aliphatic carbocycles. The summed E-state index contributed by atoms with van der Waals surface area (Å²) in [5.74, 6) is 1.35. The van der Waals surface area contributed by atoms with Crippen LogP contribution < -0.4 is 14.8 Å². The summed E-state index contributed by atoms with van der Waals surface area (Å²) in [6, 6.07) is 9.40. The smallest absolute Gasteiger partial charge is 0.162 e. The fraction of sp³-hybridized carbons (Fsp3) is 0.500. The highest BCUT2D eigenvalue weighted by molar-refractivity contribution is 9.10. The van der Waals surface area contributed by atoms with Crippen LogP contribution in [0.4, 0.5) is 0 Å². The average Bonchev–Trinajstić information content (AvgIpc) is 2.60. The van der Waals surface area contributed by atoms with Crippen molar-refractivity contribution in [3.05, 3.63) is 56.0 Å². The van der Waals surface area contributed by atoms with E-state index in [1.54, 1.807) is 12.1 Å². The summed E-state index contributed by atoms with van der Waals surface area (Å²) < 4.78 is 12.9. The molecule has 30 heavy (non-hydrogen) atoms. The van der Waals surface area contributed by atoms with Crippen molar-refractivity contribution in [1.82, 2.24) is 5.32 Å². The zero-order valence-electron chi connectivity index (χ0n) is 18.7. The lowest BCUT2D eigenvalue weighted by molar-refractivity contribution is 0.240. The lowest BCUT2D eigenvalue weighted by atomic mass is 9.82. The van der Waals surface area contributed by atoms with Crippen LogP contribution in [0.3, 0.4) is 0 Å². The predicted molar refractivity (Wildman–Crippen MR) is 131 cm³/mol. The highest BCUT2D eigenvalue weighted by Crippen LogP contribution is 2.36. The van der Waals surface area contributed by atoms with Gasteiger partial charge < -0.3 is 14.8 Å². The second-order valence-corrected chi connectivity index (χ2v) is 11.0. The molecule has 0 bridgehead atoms. The highest BCUT2D eigenvalue weighted by Gasteiger charge is 2.25. The monoisotopic (exact) mass is 515 g/mol. The maximum atomic E-state index is 6.27. The van der Waals surface area contributed by atoms with Gasteiger partial charge in [-0.05, 0) is 62.4 Å². The third-order valence-corrected chi connectivity index (χ3v) is 6.02. The van der Waals surface area contributed by atoms with Crippen molar-refractivity contribution < 1.29 is 9.47 Å². The van der Waals surface area contributed by atoms with Crippen LogP contribution in [0.2, 0.25) is 10.0 Å². The summed E-state index contributed by atoms with van der Waals surface area (Å²) in [7, 11) is 0. The number of rotatable bonds is 9. The Balaban J connectivity index is 2.19. The average molecular weight is 517 g/mol. The number of benzene rings is 2. The van der Waals surface area contributed by atoms with E-state index in [1.165, 1.54) is 0 Å². The van der Waals surface area contributed by atoms with Crippen LogP contribution in [0, 0.1) is 5.41 Å². The minimum Gasteiger partial charge on any atom is -0.490 e. The van der Waals surface area contributed by atoms with Gasteiger partial charge in [0.1, 0.15) is 6.61 Å². The van der Waals surface area contributed by atoms with Gasteiger partial charge in [0.15, 0.2) is 11.5 Å². The van der Waals surface area contributed by atoms with Crippen molar-refractivity contribution in [3.8, 4) is 11.5 Å². The Morgan fingerprint density at radius 2 is 1.57 bits per heavy atom. The third-order valence-electron chi connectivity index (χ3n) is 4.58. The Morgan fingerprint density at radius 3 is 2.13 bits per heavy atom. The van der Waals surface area contributed by atoms with Gasteiger partial charge in [-0.2, -0.15) is 0 Å². The van der Waals surface area contributed by atoms with E-state index in [1.807, 2.05) is 25.1 Å². The van der Waals surface area contributed by atoms with Crippen LogP contribution in [-0.4, -0.2) is 12.1 Å². The van der Waals surface area contributed by atoms with Crippen LogP contribution in [-0.2, 0) is 13.2 Å². The predicted octanol–water partition coefficient (Wildman–Crippen LogP) is 8.04. The lowest BCUT2D eigenvalue weighted by Gasteiger charge is -2.33. The number of halogens is 3. The number of ether oxygens (including phenoxy) is 2. The number of hydrogen-bond acceptors (Lipinski definition) is 3. The summed E-state index contributed by atoms with van der Waals surface area (Å²) in [6.07, 6.45) is 1.07. The molecule has 0 saturated carbocycles. The molecule has 1 N–H and O–H groups in total. The summed E-state index contributed by atoms with van der Waals surface area (Å²) in [5.41, 5.74) is 2.14. The van der Waals surface area contributed by atoms with E-state index >= 15 is 0 Å². The SMILES string of the molecule is CCOc1cc(CNC(C)(C)CC(C)(C)C)c(Br)cc1OCc1c(Cl)cccc1Cl. The maximum absolute atomic E-state index is 6.27. The normalized spacial score (nSPS) is 12.2. The first-order valence-electron chi connectivity index (χ1n) is 10.2. The minimum atomic E-state index is 0.0133. The van der Waals surface area contributed by atoms with E-state index in [0.29, 0.717) is 28.2 Å². The molecule has 0 aliphatic rings. The molecule has 0 spiro atoms. The molecule has 3 nitrogen and oxygen atoms in total. The van der Waals surface area contributed by atoms with Crippen molar-refractivity contribution in [2.45, 2.75) is 66.7 Å². The fourth-order valence-electron chi connectivity index (χ4n) is 3.64. The van der Waals surface area contributed by atoms with Gasteiger partial charge in [-0.25, -0.2) is 0 Å². The van der Waals surface area contributed by atoms with E-state index in [4.69, 9.17) is 32.7 Å². The fourth-order valence-corrected chi connectivity index (χ4v) is 4.61. The van der Waals surface area contributed by atoms with Crippen molar-refractivity contribution in [2.24, 2.45) is 5.41 Å². The van der Waals surface area contributed by atoms with E-state index in [9.17, 15) is 0 Å². The van der Waals surface area contributed by atoms with Gasteiger partial charge in [0.25, 0.3) is 0 Å². The summed E-state index contributed by atoms with van der Waals surface area (Å²) in [6.45, 7) is 14.8. The van der Waals surface area contributed by atoms with Gasteiger partial charge in [0.2, 0.25) is 0 Å². The van der Waals surface area contributed by atoms with E-state index in [2.05, 4.69) is 55.9 Å². The number of nitrogens with one attached hydrogen (secondary N) is 1. The number of hydrogen-bond donors (Lipinski definition) is 1. The van der Waals surface area contributed by atoms with Crippen LogP contribution in [0.25, 0.3) is 0 Å². The minimum absolute atomic E-state index is 0.0133. The van der Waals surface area contributed by atoms with Crippen molar-refractivity contribution >= 4 is 39.1 Å². The van der Waals surface area contributed by atoms with Crippen molar-refractivity contribution in [1.29, 1.82) is 0 Å². The Morgan fingerprint density at radius 1 is 0.967 bits per heavy atom. The lowest BCUT2D eigenvalue weighted by Crippen LogP contribution is -2.41. The quantitative estimate of drug-likeness (QED) is 0.365. The zero-order chi connectivity index (χ0) is 22.5. The molecule has 0 aliphatic heterocycles. The maximum Gasteiger partial charge on any atom is 0.162 e. The molecule has 0 aromatic heterocycles. The Bertz CT molecular complexity index is 843. The molecule has 0 fully saturated rings. The van der Waals surface area contributed by atoms with Gasteiger partial charge in [-0.1, -0.05) is 66.0 Å². The van der Waals surface area contributed by atoms with Crippen LogP contribution in [0.15, 0.2) is 34.8 Å². The Kier molecular flexibility index (Phi) is 8.93. The van der Waals surface area contributed by atoms with Gasteiger partial charge >= 0.3 is 0 Å². The van der Waals surface area contributed by atoms with Crippen LogP contribution in [0.5, 0.6) is 11.5 Å². The summed E-state index contributed by atoms with van der Waals surface area (Å²) >= 11 is 16.2. The topological polar surface area (TPSA) is 30.5 Å². The first-order valence-corrected chi connectivity index (χ1v) is 11.7. The van der Waals surface area contributed by atoms with Crippen molar-refractivity contribution in [2.75, 3.05) is 6.61 Å². The first-order chi connectivity index (χ1) is 13.9. The molecular weight excluding hydrogens is 485 g/mol.